The van der Waals surface area contributed by atoms with E-state index in [1.54, 1.807) is 32.4 Å². The van der Waals surface area contributed by atoms with Gasteiger partial charge in [-0.05, 0) is 53.4 Å². The van der Waals surface area contributed by atoms with E-state index in [0.29, 0.717) is 32.1 Å². The van der Waals surface area contributed by atoms with Gasteiger partial charge in [0.1, 0.15) is 31.0 Å². The van der Waals surface area contributed by atoms with Crippen molar-refractivity contribution in [1.82, 2.24) is 14.3 Å². The largest absolute Gasteiger partial charge is 0.463 e. The molecule has 1 aromatic heterocycles. The molecule has 0 aliphatic carbocycles. The number of ether oxygens (including phenoxy) is 9. The minimum absolute atomic E-state index is 0.0168. The van der Waals surface area contributed by atoms with E-state index in [-0.39, 0.29) is 25.7 Å². The minimum Gasteiger partial charge on any atom is -0.463 e. The van der Waals surface area contributed by atoms with Gasteiger partial charge in [0.25, 0.3) is 5.56 Å². The molecular formula is C86H155N3O19S. The van der Waals surface area contributed by atoms with E-state index in [9.17, 15) is 42.0 Å². The Morgan fingerprint density at radius 3 is 1.06 bits per heavy atom. The fraction of sp³-hybridized carbons (Fsp3) is 0.895. The molecular weight excluding hydrogens is 1410 g/mol. The number of esters is 4. The highest BCUT2D eigenvalue weighted by atomic mass is 32.2. The monoisotopic (exact) mass is 1570 g/mol. The quantitative estimate of drug-likeness (QED) is 0.0348. The zero-order valence-corrected chi connectivity index (χ0v) is 70.4. The normalized spacial score (nSPS) is 19.4. The van der Waals surface area contributed by atoms with Crippen LogP contribution in [0.3, 0.4) is 0 Å². The number of carbonyl (C=O) groups excluding carboxylic acids is 5. The van der Waals surface area contributed by atoms with E-state index in [4.69, 9.17) is 46.8 Å². The van der Waals surface area contributed by atoms with E-state index in [1.165, 1.54) is 192 Å². The van der Waals surface area contributed by atoms with Crippen molar-refractivity contribution in [2.45, 2.75) is 482 Å². The molecule has 2 aliphatic rings. The highest BCUT2D eigenvalue weighted by Crippen LogP contribution is 2.36. The molecule has 0 aromatic carbocycles. The average Bonchev–Trinajstić information content (AvgIpc) is 1.78. The fourth-order valence-electron chi connectivity index (χ4n) is 14.6. The number of amides is 1. The summed E-state index contributed by atoms with van der Waals surface area (Å²) in [5.74, 6) is -2.72. The predicted molar refractivity (Wildman–Crippen MR) is 430 cm³/mol. The van der Waals surface area contributed by atoms with E-state index in [1.807, 2.05) is 0 Å². The molecule has 2 fully saturated rings. The van der Waals surface area contributed by atoms with Gasteiger partial charge in [-0.3, -0.25) is 37.7 Å². The van der Waals surface area contributed by atoms with E-state index >= 15 is 0 Å². The zero-order chi connectivity index (χ0) is 79.4. The molecule has 1 amide bonds. The molecule has 2 N–H and O–H groups in total. The molecule has 2 aliphatic heterocycles. The Bertz CT molecular complexity index is 2710. The Morgan fingerprint density at radius 1 is 0.394 bits per heavy atom. The number of aromatic amines is 1. The van der Waals surface area contributed by atoms with Crippen LogP contribution >= 0.6 is 0 Å². The molecule has 0 spiro atoms. The lowest BCUT2D eigenvalue weighted by Crippen LogP contribution is -2.63. The number of H-pyrrole nitrogens is 1. The number of rotatable bonds is 71. The van der Waals surface area contributed by atoms with Crippen LogP contribution in [-0.2, 0) is 76.3 Å². The molecule has 109 heavy (non-hydrogen) atoms. The minimum atomic E-state index is -5.15. The lowest BCUT2D eigenvalue weighted by molar-refractivity contribution is -0.295. The van der Waals surface area contributed by atoms with Gasteiger partial charge in [0.15, 0.2) is 18.4 Å². The first-order valence-corrected chi connectivity index (χ1v) is 45.8. The molecule has 3 heterocycles. The second-order valence-electron chi connectivity index (χ2n) is 31.7. The van der Waals surface area contributed by atoms with Crippen molar-refractivity contribution >= 4 is 40.3 Å². The van der Waals surface area contributed by atoms with Crippen molar-refractivity contribution in [3.63, 3.8) is 0 Å². The van der Waals surface area contributed by atoms with Crippen LogP contribution in [0.15, 0.2) is 21.9 Å². The van der Waals surface area contributed by atoms with Crippen LogP contribution in [0.25, 0.3) is 0 Å². The molecule has 9 atom stereocenters. The van der Waals surface area contributed by atoms with Gasteiger partial charge < -0.3 is 42.6 Å². The Labute approximate surface area is 659 Å². The lowest BCUT2D eigenvalue weighted by atomic mass is 9.97. The molecule has 0 unspecified atom stereocenters. The third-order valence-electron chi connectivity index (χ3n) is 20.8. The molecule has 2 saturated heterocycles. The van der Waals surface area contributed by atoms with Crippen LogP contribution in [0.4, 0.5) is 4.79 Å². The van der Waals surface area contributed by atoms with Crippen molar-refractivity contribution in [2.75, 3.05) is 13.2 Å². The average molecular weight is 1570 g/mol. The Hall–Kier alpha value is -4.42. The fourth-order valence-corrected chi connectivity index (χ4v) is 15.2. The summed E-state index contributed by atoms with van der Waals surface area (Å²) in [4.78, 5) is 98.7. The molecule has 3 rings (SSSR count). The van der Waals surface area contributed by atoms with Crippen molar-refractivity contribution < 1.29 is 79.2 Å². The van der Waals surface area contributed by atoms with Crippen molar-refractivity contribution in [3.8, 4) is 0 Å². The summed E-state index contributed by atoms with van der Waals surface area (Å²) in [7, 11) is -5.15. The van der Waals surface area contributed by atoms with Gasteiger partial charge in [0.05, 0.1) is 18.8 Å². The highest BCUT2D eigenvalue weighted by Gasteiger charge is 2.55. The molecule has 1 aromatic rings. The van der Waals surface area contributed by atoms with E-state index in [2.05, 4.69) is 32.7 Å². The van der Waals surface area contributed by atoms with Gasteiger partial charge in [-0.25, -0.2) is 9.59 Å². The van der Waals surface area contributed by atoms with Gasteiger partial charge in [-0.1, -0.05) is 336 Å². The maximum atomic E-state index is 14.4. The Balaban J connectivity index is 1.98. The number of hydrogen-bond donors (Lipinski definition) is 2. The second kappa shape index (κ2) is 63.9. The van der Waals surface area contributed by atoms with E-state index < -0.39 is 132 Å². The first-order chi connectivity index (χ1) is 52.8. The SMILES string of the molecule is CCCCCCCCCCCCCCCC(=O)OC[C@H]1O[C@H](OC(=O)NS(=O)(=O)OC[C@H]2O[C@@H](n3ccc(=O)[nH]c3=O)[C@H](OC(C)C)[C@@H]2OC(C)C)[C@H](OC(=O)CCCCCCCCCCCCCCC)[C@@H](OC(=O)CCCCCCCCCCCCCCC)[C@@H]1OC(=O)CCCCCCCCCCCCCCC. The van der Waals surface area contributed by atoms with Crippen LogP contribution in [0.1, 0.15) is 421 Å². The number of nitrogens with one attached hydrogen (secondary N) is 2. The van der Waals surface area contributed by atoms with Gasteiger partial charge in [-0.15, -0.1) is 0 Å². The first kappa shape index (κ1) is 98.8. The lowest BCUT2D eigenvalue weighted by Gasteiger charge is -2.43. The Morgan fingerprint density at radius 2 is 0.706 bits per heavy atom. The van der Waals surface area contributed by atoms with Gasteiger partial charge in [0.2, 0.25) is 12.4 Å². The number of aromatic nitrogens is 2. The molecule has 0 bridgehead atoms. The summed E-state index contributed by atoms with van der Waals surface area (Å²) in [5.41, 5.74) is -1.48. The smallest absolute Gasteiger partial charge is 0.425 e. The topological polar surface area (TPSA) is 279 Å². The molecule has 634 valence electrons. The third kappa shape index (κ3) is 48.4. The van der Waals surface area contributed by atoms with Gasteiger partial charge in [0, 0.05) is 37.9 Å². The van der Waals surface area contributed by atoms with Crippen molar-refractivity contribution in [3.05, 3.63) is 33.1 Å². The summed E-state index contributed by atoms with van der Waals surface area (Å²) in [6.45, 7) is 14.5. The van der Waals surface area contributed by atoms with Crippen LogP contribution in [-0.4, -0.2) is 122 Å². The zero-order valence-electron chi connectivity index (χ0n) is 69.6. The number of carbonyl (C=O) groups is 5. The highest BCUT2D eigenvalue weighted by molar-refractivity contribution is 7.85. The van der Waals surface area contributed by atoms with Crippen LogP contribution in [0, 0.1) is 0 Å². The number of hydrogen-bond acceptors (Lipinski definition) is 19. The van der Waals surface area contributed by atoms with Crippen LogP contribution in [0.5, 0.6) is 0 Å². The molecule has 0 radical (unpaired) electrons. The summed E-state index contributed by atoms with van der Waals surface area (Å²) >= 11 is 0. The molecule has 23 heteroatoms. The van der Waals surface area contributed by atoms with Gasteiger partial charge >= 0.3 is 46.0 Å². The predicted octanol–water partition coefficient (Wildman–Crippen LogP) is 20.9. The standard InChI is InChI=1S/C86H155N3O19S/c1-9-13-17-21-25-29-33-37-41-45-49-53-57-61-74(91)99-67-71-78(105-75(92)62-58-54-50-46-42-38-34-30-26-22-18-14-10-2)80(106-76(93)63-59-55-51-47-43-39-35-31-27-23-19-15-11-3)82(107-77(94)64-60-56-52-48-44-40-36-32-28-24-20-16-12-4)84(104-71)108-86(96)88-109(97,98)100-68-72-79(101-69(5)6)81(102-70(7)8)83(103-72)89-66-65-73(90)87-85(89)95/h65-66,69-72,78-84H,9-64,67-68H2,1-8H3,(H,88,96)(H,87,90,95)/t71-,72-,78-,79-,80+,81-,82-,83-,84-/m1/s1. The van der Waals surface area contributed by atoms with E-state index in [0.717, 1.165) is 126 Å². The second-order valence-corrected chi connectivity index (χ2v) is 33.0. The maximum Gasteiger partial charge on any atom is 0.425 e. The summed E-state index contributed by atoms with van der Waals surface area (Å²) in [6.07, 6.45) is 42.2. The first-order valence-electron chi connectivity index (χ1n) is 44.4. The number of unbranched alkanes of at least 4 members (excludes halogenated alkanes) is 48. The number of nitrogens with zero attached hydrogens (tertiary/aromatic N) is 1. The summed E-state index contributed by atoms with van der Waals surface area (Å²) in [6, 6.07) is 1.12. The molecule has 0 saturated carbocycles. The van der Waals surface area contributed by atoms with Crippen LogP contribution < -0.4 is 16.0 Å². The summed E-state index contributed by atoms with van der Waals surface area (Å²) in [5, 5.41) is 0. The van der Waals surface area contributed by atoms with Gasteiger partial charge in [-0.2, -0.15) is 13.1 Å². The van der Waals surface area contributed by atoms with Crippen molar-refractivity contribution in [1.29, 1.82) is 0 Å². The Kier molecular flexibility index (Phi) is 57.9. The maximum absolute atomic E-state index is 14.4. The third-order valence-corrected chi connectivity index (χ3v) is 21.7. The summed E-state index contributed by atoms with van der Waals surface area (Å²) < 4.78 is 92.1. The van der Waals surface area contributed by atoms with Crippen molar-refractivity contribution in [2.24, 2.45) is 0 Å². The van der Waals surface area contributed by atoms with Crippen LogP contribution in [0.2, 0.25) is 0 Å². The molecule has 22 nitrogen and oxygen atoms in total.